The van der Waals surface area contributed by atoms with Crippen LogP contribution in [0.3, 0.4) is 0 Å². The highest BCUT2D eigenvalue weighted by molar-refractivity contribution is 5.38. The molecule has 1 aliphatic rings. The SMILES string of the molecule is CCc1ccc(C2CC(c3ccccc3)Nc3ncnn32)cc1. The lowest BCUT2D eigenvalue weighted by atomic mass is 9.93. The zero-order valence-electron chi connectivity index (χ0n) is 13.2. The van der Waals surface area contributed by atoms with Crippen molar-refractivity contribution in [2.75, 3.05) is 5.32 Å². The number of nitrogens with one attached hydrogen (secondary N) is 1. The summed E-state index contributed by atoms with van der Waals surface area (Å²) in [6.45, 7) is 2.18. The van der Waals surface area contributed by atoms with Gasteiger partial charge in [-0.3, -0.25) is 0 Å². The first-order chi connectivity index (χ1) is 11.3. The first-order valence-corrected chi connectivity index (χ1v) is 8.15. The van der Waals surface area contributed by atoms with E-state index < -0.39 is 0 Å². The number of anilines is 1. The van der Waals surface area contributed by atoms with E-state index in [9.17, 15) is 0 Å². The molecule has 0 spiro atoms. The van der Waals surface area contributed by atoms with Crippen LogP contribution < -0.4 is 5.32 Å². The summed E-state index contributed by atoms with van der Waals surface area (Å²) in [6, 6.07) is 19.9. The average Bonchev–Trinajstić information content (AvgIpc) is 3.10. The topological polar surface area (TPSA) is 42.7 Å². The average molecular weight is 304 g/mol. The van der Waals surface area contributed by atoms with Gasteiger partial charge in [-0.05, 0) is 29.5 Å². The minimum atomic E-state index is 0.213. The minimum absolute atomic E-state index is 0.213. The molecule has 2 heterocycles. The molecule has 0 saturated heterocycles. The largest absolute Gasteiger partial charge is 0.348 e. The first kappa shape index (κ1) is 14.0. The van der Waals surface area contributed by atoms with E-state index in [1.165, 1.54) is 16.7 Å². The van der Waals surface area contributed by atoms with Crippen LogP contribution in [0.1, 0.15) is 42.1 Å². The Balaban J connectivity index is 1.70. The van der Waals surface area contributed by atoms with Crippen molar-refractivity contribution >= 4 is 5.95 Å². The molecule has 0 amide bonds. The van der Waals surface area contributed by atoms with Gasteiger partial charge in [0.25, 0.3) is 0 Å². The molecular formula is C19H20N4. The van der Waals surface area contributed by atoms with Gasteiger partial charge in [0.1, 0.15) is 6.33 Å². The molecule has 0 aliphatic carbocycles. The molecule has 0 saturated carbocycles. The Hall–Kier alpha value is -2.62. The fraction of sp³-hybridized carbons (Fsp3) is 0.263. The monoisotopic (exact) mass is 304 g/mol. The molecule has 2 aromatic carbocycles. The van der Waals surface area contributed by atoms with Gasteiger partial charge in [0.15, 0.2) is 0 Å². The van der Waals surface area contributed by atoms with Gasteiger partial charge in [-0.1, -0.05) is 61.5 Å². The lowest BCUT2D eigenvalue weighted by Crippen LogP contribution is -2.28. The molecule has 4 nitrogen and oxygen atoms in total. The Kier molecular flexibility index (Phi) is 3.58. The summed E-state index contributed by atoms with van der Waals surface area (Å²) < 4.78 is 2.00. The molecule has 4 heteroatoms. The van der Waals surface area contributed by atoms with Crippen LogP contribution in [0.15, 0.2) is 60.9 Å². The second-order valence-corrected chi connectivity index (χ2v) is 5.98. The van der Waals surface area contributed by atoms with Gasteiger partial charge in [0.2, 0.25) is 5.95 Å². The van der Waals surface area contributed by atoms with Gasteiger partial charge < -0.3 is 5.32 Å². The number of fused-ring (bicyclic) bond motifs is 1. The van der Waals surface area contributed by atoms with E-state index in [0.717, 1.165) is 18.8 Å². The molecule has 0 radical (unpaired) electrons. The normalized spacial score (nSPS) is 19.9. The second-order valence-electron chi connectivity index (χ2n) is 5.98. The molecule has 2 unspecified atom stereocenters. The summed E-state index contributed by atoms with van der Waals surface area (Å²) in [4.78, 5) is 4.38. The fourth-order valence-corrected chi connectivity index (χ4v) is 3.28. The molecule has 23 heavy (non-hydrogen) atoms. The number of nitrogens with zero attached hydrogens (tertiary/aromatic N) is 3. The Morgan fingerprint density at radius 2 is 1.83 bits per heavy atom. The van der Waals surface area contributed by atoms with Gasteiger partial charge in [-0.25, -0.2) is 4.68 Å². The second kappa shape index (κ2) is 5.88. The molecule has 116 valence electrons. The summed E-state index contributed by atoms with van der Waals surface area (Å²) in [5.74, 6) is 0.842. The Morgan fingerprint density at radius 3 is 2.57 bits per heavy atom. The molecule has 1 aromatic heterocycles. The maximum absolute atomic E-state index is 4.43. The van der Waals surface area contributed by atoms with Crippen LogP contribution in [0.4, 0.5) is 5.95 Å². The van der Waals surface area contributed by atoms with E-state index in [2.05, 4.69) is 76.9 Å². The lowest BCUT2D eigenvalue weighted by Gasteiger charge is -2.31. The quantitative estimate of drug-likeness (QED) is 0.795. The Morgan fingerprint density at radius 1 is 1.04 bits per heavy atom. The summed E-state index contributed by atoms with van der Waals surface area (Å²) >= 11 is 0. The third-order valence-corrected chi connectivity index (χ3v) is 4.61. The van der Waals surface area contributed by atoms with Crippen molar-refractivity contribution in [2.45, 2.75) is 31.8 Å². The number of aryl methyl sites for hydroxylation is 1. The standard InChI is InChI=1S/C19H20N4/c1-2-14-8-10-16(11-9-14)18-12-17(15-6-4-3-5-7-15)22-19-20-13-21-23(18)19/h3-11,13,17-18H,2,12H2,1H3,(H,20,21,22). The molecule has 1 aliphatic heterocycles. The molecule has 0 fully saturated rings. The number of rotatable bonds is 3. The third-order valence-electron chi connectivity index (χ3n) is 4.61. The van der Waals surface area contributed by atoms with Crippen LogP contribution in [0.2, 0.25) is 0 Å². The maximum atomic E-state index is 4.43. The molecule has 1 N–H and O–H groups in total. The van der Waals surface area contributed by atoms with Crippen molar-refractivity contribution in [1.82, 2.24) is 14.8 Å². The minimum Gasteiger partial charge on any atom is -0.348 e. The molecule has 2 atom stereocenters. The van der Waals surface area contributed by atoms with Gasteiger partial charge >= 0.3 is 0 Å². The predicted molar refractivity (Wildman–Crippen MR) is 91.4 cm³/mol. The van der Waals surface area contributed by atoms with Crippen molar-refractivity contribution in [3.8, 4) is 0 Å². The van der Waals surface area contributed by atoms with Crippen LogP contribution in [0.25, 0.3) is 0 Å². The maximum Gasteiger partial charge on any atom is 0.222 e. The van der Waals surface area contributed by atoms with E-state index >= 15 is 0 Å². The fourth-order valence-electron chi connectivity index (χ4n) is 3.28. The van der Waals surface area contributed by atoms with Gasteiger partial charge in [0, 0.05) is 0 Å². The lowest BCUT2D eigenvalue weighted by molar-refractivity contribution is 0.431. The Bertz CT molecular complexity index is 777. The highest BCUT2D eigenvalue weighted by atomic mass is 15.4. The van der Waals surface area contributed by atoms with E-state index in [0.29, 0.717) is 0 Å². The zero-order valence-corrected chi connectivity index (χ0v) is 13.2. The Labute approximate surface area is 136 Å². The molecule has 4 rings (SSSR count). The van der Waals surface area contributed by atoms with Crippen molar-refractivity contribution in [3.63, 3.8) is 0 Å². The van der Waals surface area contributed by atoms with Gasteiger partial charge in [0.05, 0.1) is 12.1 Å². The van der Waals surface area contributed by atoms with Crippen molar-refractivity contribution in [1.29, 1.82) is 0 Å². The molecule has 3 aromatic rings. The van der Waals surface area contributed by atoms with Gasteiger partial charge in [-0.2, -0.15) is 10.1 Å². The summed E-state index contributed by atoms with van der Waals surface area (Å²) in [6.07, 6.45) is 3.66. The summed E-state index contributed by atoms with van der Waals surface area (Å²) in [7, 11) is 0. The molecular weight excluding hydrogens is 284 g/mol. The highest BCUT2D eigenvalue weighted by Crippen LogP contribution is 2.37. The summed E-state index contributed by atoms with van der Waals surface area (Å²) in [5, 5.41) is 7.93. The van der Waals surface area contributed by atoms with E-state index in [4.69, 9.17) is 0 Å². The number of aromatic nitrogens is 3. The van der Waals surface area contributed by atoms with Crippen LogP contribution in [0, 0.1) is 0 Å². The van der Waals surface area contributed by atoms with E-state index in [-0.39, 0.29) is 12.1 Å². The number of hydrogen-bond acceptors (Lipinski definition) is 3. The van der Waals surface area contributed by atoms with Crippen molar-refractivity contribution in [3.05, 3.63) is 77.6 Å². The van der Waals surface area contributed by atoms with Crippen molar-refractivity contribution in [2.24, 2.45) is 0 Å². The summed E-state index contributed by atoms with van der Waals surface area (Å²) in [5.41, 5.74) is 3.94. The third kappa shape index (κ3) is 2.61. The van der Waals surface area contributed by atoms with E-state index in [1.807, 2.05) is 4.68 Å². The first-order valence-electron chi connectivity index (χ1n) is 8.15. The zero-order chi connectivity index (χ0) is 15.6. The molecule has 0 bridgehead atoms. The van der Waals surface area contributed by atoms with E-state index in [1.54, 1.807) is 6.33 Å². The van der Waals surface area contributed by atoms with Crippen molar-refractivity contribution < 1.29 is 0 Å². The number of hydrogen-bond donors (Lipinski definition) is 1. The van der Waals surface area contributed by atoms with Crippen LogP contribution in [-0.4, -0.2) is 14.8 Å². The highest BCUT2D eigenvalue weighted by Gasteiger charge is 2.29. The van der Waals surface area contributed by atoms with Crippen LogP contribution in [-0.2, 0) is 6.42 Å². The number of benzene rings is 2. The van der Waals surface area contributed by atoms with Gasteiger partial charge in [-0.15, -0.1) is 0 Å². The van der Waals surface area contributed by atoms with Crippen LogP contribution in [0.5, 0.6) is 0 Å². The smallest absolute Gasteiger partial charge is 0.222 e. The predicted octanol–water partition coefficient (Wildman–Crippen LogP) is 3.99. The van der Waals surface area contributed by atoms with Crippen LogP contribution >= 0.6 is 0 Å².